The maximum absolute atomic E-state index is 11.5. The SMILES string of the molecule is CC(=O)C(C)(C)CN1CC(C)NC(C)C1. The van der Waals surface area contributed by atoms with Crippen molar-refractivity contribution in [3.63, 3.8) is 0 Å². The van der Waals surface area contributed by atoms with Gasteiger partial charge in [0.1, 0.15) is 5.78 Å². The first-order valence-electron chi connectivity index (χ1n) is 5.80. The van der Waals surface area contributed by atoms with Gasteiger partial charge in [-0.25, -0.2) is 0 Å². The van der Waals surface area contributed by atoms with Gasteiger partial charge in [-0.15, -0.1) is 0 Å². The summed E-state index contributed by atoms with van der Waals surface area (Å²) in [5, 5.41) is 3.50. The minimum atomic E-state index is -0.212. The zero-order chi connectivity index (χ0) is 11.6. The van der Waals surface area contributed by atoms with Crippen LogP contribution in [0, 0.1) is 5.41 Å². The van der Waals surface area contributed by atoms with Crippen molar-refractivity contribution >= 4 is 5.78 Å². The van der Waals surface area contributed by atoms with Crippen LogP contribution in [0.1, 0.15) is 34.6 Å². The smallest absolute Gasteiger partial charge is 0.136 e. The van der Waals surface area contributed by atoms with Crippen LogP contribution >= 0.6 is 0 Å². The van der Waals surface area contributed by atoms with E-state index in [1.807, 2.05) is 13.8 Å². The van der Waals surface area contributed by atoms with Crippen molar-refractivity contribution in [1.82, 2.24) is 10.2 Å². The second-order valence-electron chi connectivity index (χ2n) is 5.60. The van der Waals surface area contributed by atoms with Crippen LogP contribution in [0.3, 0.4) is 0 Å². The molecule has 88 valence electrons. The Kier molecular flexibility index (Phi) is 3.90. The van der Waals surface area contributed by atoms with E-state index in [0.29, 0.717) is 12.1 Å². The van der Waals surface area contributed by atoms with Crippen LogP contribution in [0.2, 0.25) is 0 Å². The Morgan fingerprint density at radius 3 is 2.20 bits per heavy atom. The Morgan fingerprint density at radius 2 is 1.80 bits per heavy atom. The Balaban J connectivity index is 2.54. The molecule has 0 aromatic carbocycles. The maximum atomic E-state index is 11.5. The van der Waals surface area contributed by atoms with Gasteiger partial charge < -0.3 is 5.32 Å². The lowest BCUT2D eigenvalue weighted by atomic mass is 9.88. The van der Waals surface area contributed by atoms with Crippen molar-refractivity contribution in [2.24, 2.45) is 5.41 Å². The largest absolute Gasteiger partial charge is 0.309 e. The minimum Gasteiger partial charge on any atom is -0.309 e. The quantitative estimate of drug-likeness (QED) is 0.765. The molecule has 1 aliphatic rings. The number of rotatable bonds is 3. The fraction of sp³-hybridized carbons (Fsp3) is 0.917. The van der Waals surface area contributed by atoms with E-state index in [-0.39, 0.29) is 11.2 Å². The Hall–Kier alpha value is -0.410. The van der Waals surface area contributed by atoms with Gasteiger partial charge in [-0.2, -0.15) is 0 Å². The zero-order valence-electron chi connectivity index (χ0n) is 10.6. The van der Waals surface area contributed by atoms with Crippen molar-refractivity contribution in [3.05, 3.63) is 0 Å². The van der Waals surface area contributed by atoms with Crippen molar-refractivity contribution in [2.75, 3.05) is 19.6 Å². The lowest BCUT2D eigenvalue weighted by molar-refractivity contribution is -0.126. The number of nitrogens with zero attached hydrogens (tertiary/aromatic N) is 1. The molecular formula is C12H24N2O. The topological polar surface area (TPSA) is 32.3 Å². The number of Topliss-reactive ketones (excluding diaryl/α,β-unsaturated/α-hetero) is 1. The molecule has 0 aromatic heterocycles. The molecule has 1 heterocycles. The summed E-state index contributed by atoms with van der Waals surface area (Å²) in [5.74, 6) is 0.279. The third kappa shape index (κ3) is 3.58. The van der Waals surface area contributed by atoms with E-state index in [2.05, 4.69) is 24.1 Å². The first-order valence-corrected chi connectivity index (χ1v) is 5.80. The fourth-order valence-corrected chi connectivity index (χ4v) is 2.24. The van der Waals surface area contributed by atoms with Gasteiger partial charge in [0.2, 0.25) is 0 Å². The van der Waals surface area contributed by atoms with Crippen LogP contribution < -0.4 is 5.32 Å². The van der Waals surface area contributed by atoms with Crippen LogP contribution in [0.15, 0.2) is 0 Å². The monoisotopic (exact) mass is 212 g/mol. The second kappa shape index (κ2) is 4.62. The molecular weight excluding hydrogens is 188 g/mol. The van der Waals surface area contributed by atoms with E-state index in [1.165, 1.54) is 0 Å². The Labute approximate surface area is 93.2 Å². The van der Waals surface area contributed by atoms with Gasteiger partial charge in [0.05, 0.1) is 0 Å². The predicted molar refractivity (Wildman–Crippen MR) is 63.0 cm³/mol. The van der Waals surface area contributed by atoms with Gasteiger partial charge in [0, 0.05) is 37.1 Å². The summed E-state index contributed by atoms with van der Waals surface area (Å²) >= 11 is 0. The van der Waals surface area contributed by atoms with Crippen LogP contribution in [0.4, 0.5) is 0 Å². The van der Waals surface area contributed by atoms with Crippen molar-refractivity contribution in [2.45, 2.75) is 46.7 Å². The highest BCUT2D eigenvalue weighted by atomic mass is 16.1. The molecule has 0 radical (unpaired) electrons. The minimum absolute atomic E-state index is 0.212. The summed E-state index contributed by atoms with van der Waals surface area (Å²) in [5.41, 5.74) is -0.212. The number of carbonyl (C=O) groups is 1. The molecule has 15 heavy (non-hydrogen) atoms. The standard InChI is InChI=1S/C12H24N2O/c1-9-6-14(7-10(2)13-9)8-12(4,5)11(3)15/h9-10,13H,6-8H2,1-5H3. The lowest BCUT2D eigenvalue weighted by Crippen LogP contribution is -2.56. The number of hydrogen-bond donors (Lipinski definition) is 1. The molecule has 0 amide bonds. The van der Waals surface area contributed by atoms with Crippen molar-refractivity contribution < 1.29 is 4.79 Å². The molecule has 0 aliphatic carbocycles. The summed E-state index contributed by atoms with van der Waals surface area (Å²) in [6.45, 7) is 13.1. The molecule has 0 aromatic rings. The van der Waals surface area contributed by atoms with Crippen LogP contribution in [-0.4, -0.2) is 42.4 Å². The van der Waals surface area contributed by atoms with Gasteiger partial charge in [-0.3, -0.25) is 9.69 Å². The lowest BCUT2D eigenvalue weighted by Gasteiger charge is -2.39. The average molecular weight is 212 g/mol. The second-order valence-corrected chi connectivity index (χ2v) is 5.60. The molecule has 1 N–H and O–H groups in total. The highest BCUT2D eigenvalue weighted by molar-refractivity contribution is 5.81. The third-order valence-corrected chi connectivity index (χ3v) is 3.21. The van der Waals surface area contributed by atoms with Gasteiger partial charge in [0.15, 0.2) is 0 Å². The molecule has 0 spiro atoms. The van der Waals surface area contributed by atoms with Gasteiger partial charge in [-0.1, -0.05) is 13.8 Å². The number of hydrogen-bond acceptors (Lipinski definition) is 3. The molecule has 2 atom stereocenters. The molecule has 1 rings (SSSR count). The molecule has 0 saturated carbocycles. The van der Waals surface area contributed by atoms with Gasteiger partial charge in [0.25, 0.3) is 0 Å². The number of carbonyl (C=O) groups excluding carboxylic acids is 1. The highest BCUT2D eigenvalue weighted by Crippen LogP contribution is 2.19. The van der Waals surface area contributed by atoms with E-state index < -0.39 is 0 Å². The highest BCUT2D eigenvalue weighted by Gasteiger charge is 2.29. The average Bonchev–Trinajstić information content (AvgIpc) is 1.99. The number of piperazine rings is 1. The summed E-state index contributed by atoms with van der Waals surface area (Å²) in [6, 6.07) is 1.05. The summed E-state index contributed by atoms with van der Waals surface area (Å²) in [6.07, 6.45) is 0. The fourth-order valence-electron chi connectivity index (χ4n) is 2.24. The van der Waals surface area contributed by atoms with E-state index >= 15 is 0 Å². The first-order chi connectivity index (χ1) is 6.81. The zero-order valence-corrected chi connectivity index (χ0v) is 10.6. The maximum Gasteiger partial charge on any atom is 0.136 e. The van der Waals surface area contributed by atoms with Crippen molar-refractivity contribution in [3.8, 4) is 0 Å². The van der Waals surface area contributed by atoms with Crippen LogP contribution in [0.25, 0.3) is 0 Å². The van der Waals surface area contributed by atoms with E-state index in [0.717, 1.165) is 19.6 Å². The Bertz CT molecular complexity index is 228. The van der Waals surface area contributed by atoms with Crippen LogP contribution in [0.5, 0.6) is 0 Å². The molecule has 2 unspecified atom stereocenters. The molecule has 0 bridgehead atoms. The molecule has 1 saturated heterocycles. The summed E-state index contributed by atoms with van der Waals surface area (Å²) in [7, 11) is 0. The van der Waals surface area contributed by atoms with E-state index in [9.17, 15) is 4.79 Å². The van der Waals surface area contributed by atoms with E-state index in [4.69, 9.17) is 0 Å². The molecule has 3 heteroatoms. The van der Waals surface area contributed by atoms with Gasteiger partial charge >= 0.3 is 0 Å². The molecule has 1 fully saturated rings. The first kappa shape index (κ1) is 12.7. The normalized spacial score (nSPS) is 29.1. The predicted octanol–water partition coefficient (Wildman–Crippen LogP) is 1.28. The van der Waals surface area contributed by atoms with Crippen molar-refractivity contribution in [1.29, 1.82) is 0 Å². The number of ketones is 1. The molecule has 1 aliphatic heterocycles. The van der Waals surface area contributed by atoms with E-state index in [1.54, 1.807) is 6.92 Å². The third-order valence-electron chi connectivity index (χ3n) is 3.21. The summed E-state index contributed by atoms with van der Waals surface area (Å²) in [4.78, 5) is 13.9. The van der Waals surface area contributed by atoms with Gasteiger partial charge in [-0.05, 0) is 20.8 Å². The molecule has 3 nitrogen and oxygen atoms in total. The Morgan fingerprint density at radius 1 is 1.33 bits per heavy atom. The van der Waals surface area contributed by atoms with Crippen LogP contribution in [-0.2, 0) is 4.79 Å². The summed E-state index contributed by atoms with van der Waals surface area (Å²) < 4.78 is 0. The number of nitrogens with one attached hydrogen (secondary N) is 1.